The number of nitrogens with zero attached hydrogens (tertiary/aromatic N) is 6. The zero-order chi connectivity index (χ0) is 16.4. The Kier molecular flexibility index (Phi) is 4.40. The first kappa shape index (κ1) is 15.5. The Morgan fingerprint density at radius 1 is 1.29 bits per heavy atom. The van der Waals surface area contributed by atoms with Gasteiger partial charge in [-0.15, -0.1) is 26.2 Å². The summed E-state index contributed by atoms with van der Waals surface area (Å²) in [6.07, 6.45) is 2.55. The van der Waals surface area contributed by atoms with Gasteiger partial charge in [-0.3, -0.25) is 4.90 Å². The smallest absolute Gasteiger partial charge is 0.200 e. The first-order chi connectivity index (χ1) is 11.8. The quantitative estimate of drug-likeness (QED) is 0.767. The molecule has 1 aliphatic heterocycles. The predicted molar refractivity (Wildman–Crippen MR) is 94.1 cm³/mol. The minimum atomic E-state index is 0.379. The second kappa shape index (κ2) is 6.82. The molecule has 3 aromatic heterocycles. The highest BCUT2D eigenvalue weighted by Gasteiger charge is 2.25. The summed E-state index contributed by atoms with van der Waals surface area (Å²) in [4.78, 5) is 3.99. The summed E-state index contributed by atoms with van der Waals surface area (Å²) in [5.74, 6) is 1.63. The highest BCUT2D eigenvalue weighted by atomic mass is 32.1. The van der Waals surface area contributed by atoms with E-state index in [2.05, 4.69) is 55.3 Å². The Morgan fingerprint density at radius 2 is 2.17 bits per heavy atom. The molecule has 0 spiro atoms. The van der Waals surface area contributed by atoms with Crippen molar-refractivity contribution in [3.8, 4) is 0 Å². The molecule has 0 saturated carbocycles. The molecule has 0 bridgehead atoms. The minimum Gasteiger partial charge on any atom is -0.367 e. The molecule has 0 amide bonds. The lowest BCUT2D eigenvalue weighted by atomic mass is 9.97. The third-order valence-electron chi connectivity index (χ3n) is 4.68. The number of hydrogen-bond acceptors (Lipinski definition) is 7. The lowest BCUT2D eigenvalue weighted by Gasteiger charge is -2.36. The molecule has 1 atom stereocenters. The summed E-state index contributed by atoms with van der Waals surface area (Å²) < 4.78 is 1.45. The fourth-order valence-electron chi connectivity index (χ4n) is 3.18. The zero-order valence-corrected chi connectivity index (χ0v) is 14.5. The summed E-state index contributed by atoms with van der Waals surface area (Å²) in [5, 5.41) is 21.4. The van der Waals surface area contributed by atoms with Gasteiger partial charge in [-0.05, 0) is 65.9 Å². The summed E-state index contributed by atoms with van der Waals surface area (Å²) >= 11 is 1.82. The largest absolute Gasteiger partial charge is 0.367 e. The normalized spacial score (nSPS) is 18.0. The maximum atomic E-state index is 4.40. The average Bonchev–Trinajstić information content (AvgIpc) is 3.27. The van der Waals surface area contributed by atoms with E-state index < -0.39 is 0 Å². The Labute approximate surface area is 144 Å². The van der Waals surface area contributed by atoms with Crippen LogP contribution in [0.4, 0.5) is 5.82 Å². The molecule has 126 valence electrons. The molecule has 24 heavy (non-hydrogen) atoms. The molecule has 0 aromatic carbocycles. The molecule has 4 heterocycles. The fraction of sp³-hybridized carbons (Fsp3) is 0.500. The van der Waals surface area contributed by atoms with Gasteiger partial charge in [-0.25, -0.2) is 0 Å². The number of thiophene rings is 1. The molecule has 1 saturated heterocycles. The Morgan fingerprint density at radius 3 is 2.96 bits per heavy atom. The van der Waals surface area contributed by atoms with Gasteiger partial charge >= 0.3 is 0 Å². The number of anilines is 1. The van der Waals surface area contributed by atoms with E-state index in [0.717, 1.165) is 31.4 Å². The van der Waals surface area contributed by atoms with E-state index >= 15 is 0 Å². The molecule has 4 rings (SSSR count). The van der Waals surface area contributed by atoms with Crippen molar-refractivity contribution in [1.29, 1.82) is 0 Å². The summed E-state index contributed by atoms with van der Waals surface area (Å²) in [6, 6.07) is 8.54. The van der Waals surface area contributed by atoms with Crippen LogP contribution in [0, 0.1) is 5.92 Å². The number of aromatic nitrogens is 5. The molecule has 1 N–H and O–H groups in total. The molecule has 1 fully saturated rings. The van der Waals surface area contributed by atoms with Crippen LogP contribution in [0.15, 0.2) is 29.6 Å². The topological polar surface area (TPSA) is 71.2 Å². The van der Waals surface area contributed by atoms with E-state index in [1.54, 1.807) is 0 Å². The van der Waals surface area contributed by atoms with E-state index in [0.29, 0.717) is 11.7 Å². The van der Waals surface area contributed by atoms with Gasteiger partial charge in [-0.2, -0.15) is 0 Å². The van der Waals surface area contributed by atoms with Crippen molar-refractivity contribution in [1.82, 2.24) is 30.2 Å². The molecule has 0 unspecified atom stereocenters. The number of hydrogen-bond donors (Lipinski definition) is 1. The van der Waals surface area contributed by atoms with Crippen molar-refractivity contribution in [3.63, 3.8) is 0 Å². The SMILES string of the molecule is CC1CCN([C@@H](CNc2ccc3nnnn3n2)c2cccs2)CC1. The van der Waals surface area contributed by atoms with Crippen LogP contribution in [0.3, 0.4) is 0 Å². The summed E-state index contributed by atoms with van der Waals surface area (Å²) in [6.45, 7) is 5.49. The van der Waals surface area contributed by atoms with Gasteiger partial charge in [0.1, 0.15) is 5.82 Å². The van der Waals surface area contributed by atoms with Crippen LogP contribution in [0.2, 0.25) is 0 Å². The van der Waals surface area contributed by atoms with Gasteiger partial charge in [0.25, 0.3) is 0 Å². The molecule has 7 nitrogen and oxygen atoms in total. The number of piperidine rings is 1. The van der Waals surface area contributed by atoms with Gasteiger partial charge in [0.15, 0.2) is 5.65 Å². The Hall–Kier alpha value is -2.06. The lowest BCUT2D eigenvalue weighted by molar-refractivity contribution is 0.145. The Bertz CT molecular complexity index is 777. The second-order valence-electron chi connectivity index (χ2n) is 6.38. The van der Waals surface area contributed by atoms with Crippen LogP contribution < -0.4 is 5.32 Å². The van der Waals surface area contributed by atoms with Crippen molar-refractivity contribution < 1.29 is 0 Å². The first-order valence-electron chi connectivity index (χ1n) is 8.36. The van der Waals surface area contributed by atoms with Gasteiger partial charge in [-0.1, -0.05) is 13.0 Å². The van der Waals surface area contributed by atoms with E-state index in [-0.39, 0.29) is 0 Å². The van der Waals surface area contributed by atoms with E-state index in [9.17, 15) is 0 Å². The van der Waals surface area contributed by atoms with Crippen molar-refractivity contribution in [2.45, 2.75) is 25.8 Å². The van der Waals surface area contributed by atoms with Crippen LogP contribution in [-0.4, -0.2) is 49.8 Å². The van der Waals surface area contributed by atoms with Crippen LogP contribution >= 0.6 is 11.3 Å². The van der Waals surface area contributed by atoms with Crippen molar-refractivity contribution in [3.05, 3.63) is 34.5 Å². The zero-order valence-electron chi connectivity index (χ0n) is 13.7. The molecular formula is C16H21N7S. The predicted octanol–water partition coefficient (Wildman–Crippen LogP) is 2.47. The highest BCUT2D eigenvalue weighted by molar-refractivity contribution is 7.10. The second-order valence-corrected chi connectivity index (χ2v) is 7.35. The summed E-state index contributed by atoms with van der Waals surface area (Å²) in [5.41, 5.74) is 0.653. The van der Waals surface area contributed by atoms with Crippen LogP contribution in [-0.2, 0) is 0 Å². The average molecular weight is 343 g/mol. The van der Waals surface area contributed by atoms with Crippen molar-refractivity contribution in [2.24, 2.45) is 5.92 Å². The third-order valence-corrected chi connectivity index (χ3v) is 5.65. The molecule has 3 aromatic rings. The molecule has 8 heteroatoms. The molecule has 0 aliphatic carbocycles. The maximum Gasteiger partial charge on any atom is 0.200 e. The number of tetrazole rings is 1. The van der Waals surface area contributed by atoms with E-state index in [1.165, 1.54) is 22.3 Å². The summed E-state index contributed by atoms with van der Waals surface area (Å²) in [7, 11) is 0. The third kappa shape index (κ3) is 3.25. The monoisotopic (exact) mass is 343 g/mol. The van der Waals surface area contributed by atoms with Gasteiger partial charge in [0, 0.05) is 11.4 Å². The number of fused-ring (bicyclic) bond motifs is 1. The van der Waals surface area contributed by atoms with Gasteiger partial charge < -0.3 is 5.32 Å². The molecule has 0 radical (unpaired) electrons. The van der Waals surface area contributed by atoms with Crippen molar-refractivity contribution >= 4 is 22.8 Å². The van der Waals surface area contributed by atoms with E-state index in [4.69, 9.17) is 0 Å². The number of likely N-dealkylation sites (tertiary alicyclic amines) is 1. The first-order valence-corrected chi connectivity index (χ1v) is 9.24. The standard InChI is InChI=1S/C16H21N7S/c1-12-6-8-22(9-7-12)13(14-3-2-10-24-14)11-17-15-4-5-16-18-20-21-23(16)19-15/h2-5,10,12-13H,6-9,11H2,1H3,(H,17,19)/t13-/m0/s1. The number of rotatable bonds is 5. The number of nitrogens with one attached hydrogen (secondary N) is 1. The highest BCUT2D eigenvalue weighted by Crippen LogP contribution is 2.29. The maximum absolute atomic E-state index is 4.40. The van der Waals surface area contributed by atoms with Crippen LogP contribution in [0.5, 0.6) is 0 Å². The van der Waals surface area contributed by atoms with Crippen LogP contribution in [0.25, 0.3) is 5.65 Å². The van der Waals surface area contributed by atoms with E-state index in [1.807, 2.05) is 23.5 Å². The van der Waals surface area contributed by atoms with Gasteiger partial charge in [0.2, 0.25) is 0 Å². The molecular weight excluding hydrogens is 322 g/mol. The Balaban J connectivity index is 1.49. The van der Waals surface area contributed by atoms with Crippen LogP contribution in [0.1, 0.15) is 30.7 Å². The lowest BCUT2D eigenvalue weighted by Crippen LogP contribution is -2.38. The van der Waals surface area contributed by atoms with Crippen molar-refractivity contribution in [2.75, 3.05) is 25.0 Å². The molecule has 1 aliphatic rings. The minimum absolute atomic E-state index is 0.379. The van der Waals surface area contributed by atoms with Gasteiger partial charge in [0.05, 0.1) is 6.04 Å². The fourth-order valence-corrected chi connectivity index (χ4v) is 4.04.